The van der Waals surface area contributed by atoms with Gasteiger partial charge in [0.15, 0.2) is 4.84 Å². The van der Waals surface area contributed by atoms with E-state index in [0.29, 0.717) is 18.5 Å². The SMILES string of the molecule is O=C1CCC(c2ccc(NC(=O)C(Cl)Cl)cc2)=NN1. The number of carbonyl (C=O) groups excluding carboxylic acids is 2. The second-order valence-electron chi connectivity index (χ2n) is 3.96. The lowest BCUT2D eigenvalue weighted by atomic mass is 10.0. The van der Waals surface area contributed by atoms with E-state index < -0.39 is 10.7 Å². The average Bonchev–Trinajstić information content (AvgIpc) is 2.40. The van der Waals surface area contributed by atoms with Crippen molar-refractivity contribution in [3.63, 3.8) is 0 Å². The molecule has 0 radical (unpaired) electrons. The summed E-state index contributed by atoms with van der Waals surface area (Å²) in [4.78, 5) is 21.2. The number of nitrogens with zero attached hydrogens (tertiary/aromatic N) is 1. The predicted molar refractivity (Wildman–Crippen MR) is 74.5 cm³/mol. The van der Waals surface area contributed by atoms with Crippen LogP contribution in [-0.2, 0) is 9.59 Å². The standard InChI is InChI=1S/C12H11Cl2N3O2/c13-11(14)12(19)15-8-3-1-7(2-4-8)9-5-6-10(18)17-16-9/h1-4,11H,5-6H2,(H,15,19)(H,17,18). The predicted octanol–water partition coefficient (Wildman–Crippen LogP) is 2.04. The summed E-state index contributed by atoms with van der Waals surface area (Å²) in [6, 6.07) is 7.07. The number of hydrogen-bond acceptors (Lipinski definition) is 3. The van der Waals surface area contributed by atoms with E-state index in [0.717, 1.165) is 11.3 Å². The fourth-order valence-electron chi connectivity index (χ4n) is 1.63. The van der Waals surface area contributed by atoms with E-state index in [1.165, 1.54) is 0 Å². The van der Waals surface area contributed by atoms with Crippen LogP contribution in [0.3, 0.4) is 0 Å². The van der Waals surface area contributed by atoms with Gasteiger partial charge in [-0.05, 0) is 17.7 Å². The lowest BCUT2D eigenvalue weighted by molar-refractivity contribution is -0.121. The van der Waals surface area contributed by atoms with E-state index in [2.05, 4.69) is 15.8 Å². The Morgan fingerprint density at radius 1 is 1.26 bits per heavy atom. The number of rotatable bonds is 3. The lowest BCUT2D eigenvalue weighted by Crippen LogP contribution is -2.25. The van der Waals surface area contributed by atoms with Crippen LogP contribution in [0.4, 0.5) is 5.69 Å². The third-order valence-electron chi connectivity index (χ3n) is 2.59. The third-order valence-corrected chi connectivity index (χ3v) is 2.98. The molecule has 1 aliphatic heterocycles. The molecule has 7 heteroatoms. The van der Waals surface area contributed by atoms with Crippen molar-refractivity contribution >= 4 is 46.4 Å². The van der Waals surface area contributed by atoms with Crippen LogP contribution in [0.1, 0.15) is 18.4 Å². The van der Waals surface area contributed by atoms with Gasteiger partial charge in [-0.2, -0.15) is 5.10 Å². The Hall–Kier alpha value is -1.59. The van der Waals surface area contributed by atoms with Crippen LogP contribution < -0.4 is 10.7 Å². The van der Waals surface area contributed by atoms with Gasteiger partial charge < -0.3 is 5.32 Å². The van der Waals surface area contributed by atoms with E-state index >= 15 is 0 Å². The molecule has 19 heavy (non-hydrogen) atoms. The van der Waals surface area contributed by atoms with Crippen LogP contribution in [0.15, 0.2) is 29.4 Å². The first-order chi connectivity index (χ1) is 9.06. The van der Waals surface area contributed by atoms with Crippen LogP contribution in [0, 0.1) is 0 Å². The largest absolute Gasteiger partial charge is 0.324 e. The number of nitrogens with one attached hydrogen (secondary N) is 2. The molecule has 0 bridgehead atoms. The van der Waals surface area contributed by atoms with Gasteiger partial charge in [-0.3, -0.25) is 9.59 Å². The fraction of sp³-hybridized carbons (Fsp3) is 0.250. The first-order valence-electron chi connectivity index (χ1n) is 5.61. The number of alkyl halides is 2. The van der Waals surface area contributed by atoms with Crippen molar-refractivity contribution in [2.45, 2.75) is 17.7 Å². The molecule has 1 aromatic carbocycles. The molecule has 0 aliphatic carbocycles. The van der Waals surface area contributed by atoms with E-state index in [-0.39, 0.29) is 5.91 Å². The van der Waals surface area contributed by atoms with Crippen molar-refractivity contribution in [1.82, 2.24) is 5.43 Å². The molecule has 1 aromatic rings. The maximum Gasteiger partial charge on any atom is 0.257 e. The highest BCUT2D eigenvalue weighted by atomic mass is 35.5. The molecule has 5 nitrogen and oxygen atoms in total. The zero-order chi connectivity index (χ0) is 13.8. The molecule has 100 valence electrons. The van der Waals surface area contributed by atoms with Crippen molar-refractivity contribution in [2.75, 3.05) is 5.32 Å². The molecule has 2 amide bonds. The van der Waals surface area contributed by atoms with Gasteiger partial charge in [-0.25, -0.2) is 5.43 Å². The van der Waals surface area contributed by atoms with Crippen LogP contribution in [-0.4, -0.2) is 22.4 Å². The summed E-state index contributed by atoms with van der Waals surface area (Å²) in [5, 5.41) is 6.55. The zero-order valence-corrected chi connectivity index (χ0v) is 11.3. The minimum absolute atomic E-state index is 0.0806. The second-order valence-corrected chi connectivity index (χ2v) is 5.06. The van der Waals surface area contributed by atoms with Crippen molar-refractivity contribution in [1.29, 1.82) is 0 Å². The van der Waals surface area contributed by atoms with Gasteiger partial charge in [0.05, 0.1) is 5.71 Å². The minimum atomic E-state index is -1.10. The summed E-state index contributed by atoms with van der Waals surface area (Å²) >= 11 is 10.9. The van der Waals surface area contributed by atoms with E-state index in [1.54, 1.807) is 12.1 Å². The smallest absolute Gasteiger partial charge is 0.257 e. The van der Waals surface area contributed by atoms with Crippen molar-refractivity contribution < 1.29 is 9.59 Å². The molecular formula is C12H11Cl2N3O2. The highest BCUT2D eigenvalue weighted by Gasteiger charge is 2.14. The summed E-state index contributed by atoms with van der Waals surface area (Å²) < 4.78 is 0. The number of benzene rings is 1. The number of hydrogen-bond donors (Lipinski definition) is 2. The lowest BCUT2D eigenvalue weighted by Gasteiger charge is -2.12. The van der Waals surface area contributed by atoms with Crippen molar-refractivity contribution in [3.05, 3.63) is 29.8 Å². The summed E-state index contributed by atoms with van der Waals surface area (Å²) in [5.41, 5.74) is 4.74. The quantitative estimate of drug-likeness (QED) is 0.839. The van der Waals surface area contributed by atoms with Crippen molar-refractivity contribution in [3.8, 4) is 0 Å². The van der Waals surface area contributed by atoms with Crippen LogP contribution in [0.2, 0.25) is 0 Å². The molecule has 2 rings (SSSR count). The molecule has 0 aromatic heterocycles. The van der Waals surface area contributed by atoms with Gasteiger partial charge in [-0.1, -0.05) is 35.3 Å². The Kier molecular flexibility index (Phi) is 4.39. The Balaban J connectivity index is 2.06. The van der Waals surface area contributed by atoms with Crippen LogP contribution in [0.25, 0.3) is 0 Å². The van der Waals surface area contributed by atoms with Crippen LogP contribution in [0.5, 0.6) is 0 Å². The Morgan fingerprint density at radius 3 is 2.47 bits per heavy atom. The first-order valence-corrected chi connectivity index (χ1v) is 6.48. The number of carbonyl (C=O) groups is 2. The second kappa shape index (κ2) is 6.04. The first kappa shape index (κ1) is 13.8. The number of anilines is 1. The maximum absolute atomic E-state index is 11.3. The normalized spacial score (nSPS) is 14.9. The minimum Gasteiger partial charge on any atom is -0.324 e. The molecule has 0 fully saturated rings. The summed E-state index contributed by atoms with van der Waals surface area (Å²) in [7, 11) is 0. The maximum atomic E-state index is 11.3. The third kappa shape index (κ3) is 3.68. The topological polar surface area (TPSA) is 70.6 Å². The summed E-state index contributed by atoms with van der Waals surface area (Å²) in [6.45, 7) is 0. The Bertz CT molecular complexity index is 526. The molecule has 2 N–H and O–H groups in total. The molecule has 1 heterocycles. The van der Waals surface area contributed by atoms with Crippen LogP contribution >= 0.6 is 23.2 Å². The molecule has 0 atom stereocenters. The van der Waals surface area contributed by atoms with Gasteiger partial charge in [0, 0.05) is 18.5 Å². The molecule has 0 spiro atoms. The molecule has 1 aliphatic rings. The van der Waals surface area contributed by atoms with Gasteiger partial charge >= 0.3 is 0 Å². The van der Waals surface area contributed by atoms with Gasteiger partial charge in [0.2, 0.25) is 5.91 Å². The average molecular weight is 300 g/mol. The number of amides is 2. The molecule has 0 saturated carbocycles. The summed E-state index contributed by atoms with van der Waals surface area (Å²) in [6.07, 6.45) is 1.03. The molecule has 0 saturated heterocycles. The highest BCUT2D eigenvalue weighted by Crippen LogP contribution is 2.15. The summed E-state index contributed by atoms with van der Waals surface area (Å²) in [5.74, 6) is -0.554. The van der Waals surface area contributed by atoms with Gasteiger partial charge in [-0.15, -0.1) is 0 Å². The highest BCUT2D eigenvalue weighted by molar-refractivity contribution is 6.54. The monoisotopic (exact) mass is 299 g/mol. The Morgan fingerprint density at radius 2 is 1.95 bits per heavy atom. The number of hydrazone groups is 1. The van der Waals surface area contributed by atoms with Gasteiger partial charge in [0.25, 0.3) is 5.91 Å². The van der Waals surface area contributed by atoms with Gasteiger partial charge in [0.1, 0.15) is 0 Å². The van der Waals surface area contributed by atoms with Crippen molar-refractivity contribution in [2.24, 2.45) is 5.10 Å². The van der Waals surface area contributed by atoms with E-state index in [4.69, 9.17) is 23.2 Å². The van der Waals surface area contributed by atoms with E-state index in [1.807, 2.05) is 12.1 Å². The fourth-order valence-corrected chi connectivity index (χ4v) is 1.73. The number of halogens is 2. The molecule has 0 unspecified atom stereocenters. The zero-order valence-electron chi connectivity index (χ0n) is 9.82. The Labute approximate surface area is 120 Å². The van der Waals surface area contributed by atoms with E-state index in [9.17, 15) is 9.59 Å². The molecular weight excluding hydrogens is 289 g/mol.